The molecule has 0 bridgehead atoms. The number of aromatic nitrogens is 2. The van der Waals surface area contributed by atoms with Gasteiger partial charge in [-0.25, -0.2) is 4.98 Å². The van der Waals surface area contributed by atoms with Crippen molar-refractivity contribution in [2.24, 2.45) is 5.92 Å². The zero-order chi connectivity index (χ0) is 21.4. The number of thioether (sulfide) groups is 1. The molecule has 1 aliphatic carbocycles. The number of hydrogen-bond acceptors (Lipinski definition) is 6. The fourth-order valence-electron chi connectivity index (χ4n) is 3.65. The Morgan fingerprint density at radius 2 is 2.27 bits per heavy atom. The van der Waals surface area contributed by atoms with E-state index in [1.807, 2.05) is 6.92 Å². The Hall–Kier alpha value is -2.03. The van der Waals surface area contributed by atoms with E-state index in [0.717, 1.165) is 40.6 Å². The molecular formula is C21H22ClN3O3S2. The van der Waals surface area contributed by atoms with Crippen molar-refractivity contribution >= 4 is 56.5 Å². The van der Waals surface area contributed by atoms with Crippen LogP contribution in [0.2, 0.25) is 5.02 Å². The van der Waals surface area contributed by atoms with Gasteiger partial charge in [0, 0.05) is 16.0 Å². The van der Waals surface area contributed by atoms with E-state index in [1.54, 1.807) is 23.5 Å². The third-order valence-electron chi connectivity index (χ3n) is 5.24. The molecular weight excluding hydrogens is 442 g/mol. The van der Waals surface area contributed by atoms with E-state index in [9.17, 15) is 9.59 Å². The molecule has 158 valence electrons. The molecule has 0 spiro atoms. The number of carbonyl (C=O) groups is 1. The average Bonchev–Trinajstić information content (AvgIpc) is 3.06. The topological polar surface area (TPSA) is 84.1 Å². The molecule has 2 heterocycles. The standard InChI is InChI=1S/C21H22ClN3O3S2/c1-10-4-5-12-16(6-10)30-20-18(12)19(27)24-21(25-20)29-9-17(26)23-14-7-11(2)13(22)8-15(14)28-3/h7-8,10H,4-6,9H2,1-3H3,(H,23,26)(H,24,25,27). The molecule has 0 saturated heterocycles. The van der Waals surface area contributed by atoms with Gasteiger partial charge in [0.25, 0.3) is 5.56 Å². The van der Waals surface area contributed by atoms with Crippen molar-refractivity contribution in [3.05, 3.63) is 43.5 Å². The molecule has 0 aliphatic heterocycles. The molecule has 1 aliphatic rings. The quantitative estimate of drug-likeness (QED) is 0.419. The van der Waals surface area contributed by atoms with Gasteiger partial charge in [0.2, 0.25) is 5.91 Å². The number of benzene rings is 1. The van der Waals surface area contributed by atoms with E-state index >= 15 is 0 Å². The number of anilines is 1. The van der Waals surface area contributed by atoms with Crippen LogP contribution < -0.4 is 15.6 Å². The molecule has 1 aromatic carbocycles. The predicted octanol–water partition coefficient (Wildman–Crippen LogP) is 4.81. The number of hydrogen-bond donors (Lipinski definition) is 2. The molecule has 2 N–H and O–H groups in total. The van der Waals surface area contributed by atoms with Gasteiger partial charge in [0.15, 0.2) is 5.16 Å². The van der Waals surface area contributed by atoms with Gasteiger partial charge in [0.05, 0.1) is 23.9 Å². The predicted molar refractivity (Wildman–Crippen MR) is 124 cm³/mol. The number of aryl methyl sites for hydroxylation is 2. The van der Waals surface area contributed by atoms with Gasteiger partial charge in [-0.15, -0.1) is 11.3 Å². The Bertz CT molecular complexity index is 1190. The van der Waals surface area contributed by atoms with Crippen LogP contribution in [0.15, 0.2) is 22.1 Å². The van der Waals surface area contributed by atoms with Crippen molar-refractivity contribution in [1.82, 2.24) is 9.97 Å². The number of H-pyrrole nitrogens is 1. The van der Waals surface area contributed by atoms with E-state index in [0.29, 0.717) is 27.5 Å². The lowest BCUT2D eigenvalue weighted by Crippen LogP contribution is -2.16. The number of carbonyl (C=O) groups excluding carboxylic acids is 1. The first-order valence-corrected chi connectivity index (χ1v) is 11.8. The van der Waals surface area contributed by atoms with Crippen molar-refractivity contribution in [3.63, 3.8) is 0 Å². The Morgan fingerprint density at radius 1 is 1.47 bits per heavy atom. The Labute approximate surface area is 187 Å². The average molecular weight is 464 g/mol. The number of methoxy groups -OCH3 is 1. The minimum absolute atomic E-state index is 0.112. The monoisotopic (exact) mass is 463 g/mol. The van der Waals surface area contributed by atoms with Crippen LogP contribution in [0, 0.1) is 12.8 Å². The Morgan fingerprint density at radius 3 is 3.03 bits per heavy atom. The maximum atomic E-state index is 12.7. The molecule has 0 saturated carbocycles. The first kappa shape index (κ1) is 21.2. The number of halogens is 1. The van der Waals surface area contributed by atoms with Crippen LogP contribution >= 0.6 is 34.7 Å². The molecule has 6 nitrogen and oxygen atoms in total. The lowest BCUT2D eigenvalue weighted by Gasteiger charge is -2.17. The van der Waals surface area contributed by atoms with E-state index in [2.05, 4.69) is 22.2 Å². The SMILES string of the molecule is COc1cc(Cl)c(C)cc1NC(=O)CSc1nc2sc3c(c2c(=O)[nH]1)CCC(C)C3. The molecule has 3 aromatic rings. The summed E-state index contributed by atoms with van der Waals surface area (Å²) in [6.45, 7) is 4.10. The zero-order valence-electron chi connectivity index (χ0n) is 16.9. The first-order valence-electron chi connectivity index (χ1n) is 9.67. The second kappa shape index (κ2) is 8.61. The third kappa shape index (κ3) is 4.22. The van der Waals surface area contributed by atoms with E-state index in [1.165, 1.54) is 23.7 Å². The molecule has 30 heavy (non-hydrogen) atoms. The number of aromatic amines is 1. The summed E-state index contributed by atoms with van der Waals surface area (Å²) >= 11 is 8.92. The fourth-order valence-corrected chi connectivity index (χ4v) is 5.90. The Kier molecular flexibility index (Phi) is 6.09. The zero-order valence-corrected chi connectivity index (χ0v) is 19.3. The lowest BCUT2D eigenvalue weighted by atomic mass is 9.89. The van der Waals surface area contributed by atoms with Crippen LogP contribution in [-0.2, 0) is 17.6 Å². The molecule has 1 unspecified atom stereocenters. The molecule has 0 radical (unpaired) electrons. The number of thiophene rings is 1. The van der Waals surface area contributed by atoms with Crippen LogP contribution in [0.1, 0.15) is 29.3 Å². The van der Waals surface area contributed by atoms with Gasteiger partial charge in [-0.2, -0.15) is 0 Å². The summed E-state index contributed by atoms with van der Waals surface area (Å²) in [5.74, 6) is 1.02. The normalized spacial score (nSPS) is 15.8. The highest BCUT2D eigenvalue weighted by molar-refractivity contribution is 7.99. The molecule has 9 heteroatoms. The summed E-state index contributed by atoms with van der Waals surface area (Å²) in [6, 6.07) is 3.44. The maximum Gasteiger partial charge on any atom is 0.260 e. The smallest absolute Gasteiger partial charge is 0.260 e. The van der Waals surface area contributed by atoms with Gasteiger partial charge in [0.1, 0.15) is 10.6 Å². The maximum absolute atomic E-state index is 12.7. The highest BCUT2D eigenvalue weighted by atomic mass is 35.5. The fraction of sp³-hybridized carbons (Fsp3) is 0.381. The summed E-state index contributed by atoms with van der Waals surface area (Å²) in [5.41, 5.74) is 2.43. The summed E-state index contributed by atoms with van der Waals surface area (Å²) in [5, 5.41) is 4.58. The lowest BCUT2D eigenvalue weighted by molar-refractivity contribution is -0.113. The molecule has 1 atom stereocenters. The second-order valence-electron chi connectivity index (χ2n) is 7.54. The van der Waals surface area contributed by atoms with Crippen LogP contribution in [0.5, 0.6) is 5.75 Å². The summed E-state index contributed by atoms with van der Waals surface area (Å²) in [7, 11) is 1.52. The van der Waals surface area contributed by atoms with Crippen molar-refractivity contribution in [2.45, 2.75) is 38.3 Å². The van der Waals surface area contributed by atoms with Crippen LogP contribution in [0.3, 0.4) is 0 Å². The first-order chi connectivity index (χ1) is 14.4. The Balaban J connectivity index is 1.49. The molecule has 2 aromatic heterocycles. The highest BCUT2D eigenvalue weighted by Gasteiger charge is 2.23. The van der Waals surface area contributed by atoms with Crippen molar-refractivity contribution in [2.75, 3.05) is 18.2 Å². The second-order valence-corrected chi connectivity index (χ2v) is 10.00. The van der Waals surface area contributed by atoms with Crippen LogP contribution in [-0.4, -0.2) is 28.7 Å². The third-order valence-corrected chi connectivity index (χ3v) is 7.67. The summed E-state index contributed by atoms with van der Waals surface area (Å²) in [4.78, 5) is 34.6. The van der Waals surface area contributed by atoms with E-state index in [4.69, 9.17) is 16.3 Å². The van der Waals surface area contributed by atoms with Gasteiger partial charge in [-0.3, -0.25) is 9.59 Å². The molecule has 0 fully saturated rings. The minimum atomic E-state index is -0.220. The highest BCUT2D eigenvalue weighted by Crippen LogP contribution is 2.36. The summed E-state index contributed by atoms with van der Waals surface area (Å²) in [6.07, 6.45) is 3.03. The van der Waals surface area contributed by atoms with Crippen LogP contribution in [0.4, 0.5) is 5.69 Å². The van der Waals surface area contributed by atoms with Crippen LogP contribution in [0.25, 0.3) is 10.2 Å². The number of nitrogens with one attached hydrogen (secondary N) is 2. The number of rotatable bonds is 5. The van der Waals surface area contributed by atoms with Gasteiger partial charge >= 0.3 is 0 Å². The van der Waals surface area contributed by atoms with Crippen molar-refractivity contribution < 1.29 is 9.53 Å². The minimum Gasteiger partial charge on any atom is -0.495 e. The van der Waals surface area contributed by atoms with Gasteiger partial charge in [-0.05, 0) is 49.3 Å². The summed E-state index contributed by atoms with van der Waals surface area (Å²) < 4.78 is 5.29. The number of nitrogens with zero attached hydrogens (tertiary/aromatic N) is 1. The number of ether oxygens (including phenoxy) is 1. The van der Waals surface area contributed by atoms with Gasteiger partial charge in [-0.1, -0.05) is 30.3 Å². The van der Waals surface area contributed by atoms with E-state index in [-0.39, 0.29) is 17.2 Å². The number of amides is 1. The van der Waals surface area contributed by atoms with Crippen molar-refractivity contribution in [3.8, 4) is 5.75 Å². The van der Waals surface area contributed by atoms with Crippen molar-refractivity contribution in [1.29, 1.82) is 0 Å². The largest absolute Gasteiger partial charge is 0.495 e. The molecule has 1 amide bonds. The van der Waals surface area contributed by atoms with E-state index < -0.39 is 0 Å². The molecule has 4 rings (SSSR count). The number of fused-ring (bicyclic) bond motifs is 3. The van der Waals surface area contributed by atoms with Gasteiger partial charge < -0.3 is 15.0 Å².